The van der Waals surface area contributed by atoms with E-state index in [-0.39, 0.29) is 11.5 Å². The maximum atomic E-state index is 12.3. The second-order valence-corrected chi connectivity index (χ2v) is 9.66. The maximum Gasteiger partial charge on any atom is 0.279 e. The first-order valence-corrected chi connectivity index (χ1v) is 9.87. The Balaban J connectivity index is 2.07. The summed E-state index contributed by atoms with van der Waals surface area (Å²) < 4.78 is 30.7. The van der Waals surface area contributed by atoms with Gasteiger partial charge in [0.05, 0.1) is 17.9 Å². The Morgan fingerprint density at radius 2 is 1.96 bits per heavy atom. The Hall–Kier alpha value is -1.70. The van der Waals surface area contributed by atoms with Gasteiger partial charge in [0, 0.05) is 25.4 Å². The number of rotatable bonds is 4. The Morgan fingerprint density at radius 3 is 2.60 bits per heavy atom. The van der Waals surface area contributed by atoms with E-state index in [0.29, 0.717) is 0 Å². The molecule has 7 heteroatoms. The first kappa shape index (κ1) is 18.1. The van der Waals surface area contributed by atoms with Crippen molar-refractivity contribution < 1.29 is 8.42 Å². The first-order valence-electron chi connectivity index (χ1n) is 8.43. The highest BCUT2D eigenvalue weighted by Gasteiger charge is 2.37. The van der Waals surface area contributed by atoms with Gasteiger partial charge in [0.25, 0.3) is 10.2 Å². The number of para-hydroxylation sites is 1. The summed E-state index contributed by atoms with van der Waals surface area (Å²) in [6.45, 7) is 6.40. The number of hydrogen-bond donors (Lipinski definition) is 1. The number of nitrogens with zero attached hydrogens (tertiary/aromatic N) is 3. The Bertz CT molecular complexity index is 884. The second-order valence-electron chi connectivity index (χ2n) is 7.75. The van der Waals surface area contributed by atoms with Crippen LogP contribution >= 0.6 is 0 Å². The van der Waals surface area contributed by atoms with Crippen LogP contribution in [-0.4, -0.2) is 36.6 Å². The molecule has 1 N–H and O–H groups in total. The van der Waals surface area contributed by atoms with Crippen LogP contribution in [0.4, 0.5) is 0 Å². The third-order valence-corrected chi connectivity index (χ3v) is 6.34. The summed E-state index contributed by atoms with van der Waals surface area (Å²) in [6.07, 6.45) is 3.41. The van der Waals surface area contributed by atoms with Crippen LogP contribution in [0.25, 0.3) is 5.69 Å². The molecular formula is C18H26N4O2S. The third-order valence-electron chi connectivity index (χ3n) is 4.79. The highest BCUT2D eigenvalue weighted by atomic mass is 32.2. The van der Waals surface area contributed by atoms with Crippen molar-refractivity contribution in [2.45, 2.75) is 39.7 Å². The first-order chi connectivity index (χ1) is 11.6. The van der Waals surface area contributed by atoms with Gasteiger partial charge < -0.3 is 0 Å². The van der Waals surface area contributed by atoms with Crippen molar-refractivity contribution in [3.63, 3.8) is 0 Å². The molecule has 0 amide bonds. The average molecular weight is 362 g/mol. The van der Waals surface area contributed by atoms with E-state index in [1.807, 2.05) is 22.9 Å². The lowest BCUT2D eigenvalue weighted by Gasteiger charge is -2.36. The van der Waals surface area contributed by atoms with Gasteiger partial charge in [-0.15, -0.1) is 0 Å². The van der Waals surface area contributed by atoms with Crippen LogP contribution in [0.2, 0.25) is 0 Å². The van der Waals surface area contributed by atoms with Crippen molar-refractivity contribution in [1.29, 1.82) is 0 Å². The zero-order valence-electron chi connectivity index (χ0n) is 15.4. The molecule has 0 fully saturated rings. The lowest BCUT2D eigenvalue weighted by Crippen LogP contribution is -2.41. The van der Waals surface area contributed by atoms with Gasteiger partial charge >= 0.3 is 0 Å². The quantitative estimate of drug-likeness (QED) is 0.909. The van der Waals surface area contributed by atoms with E-state index in [0.717, 1.165) is 35.3 Å². The highest BCUT2D eigenvalue weighted by Crippen LogP contribution is 2.41. The summed E-state index contributed by atoms with van der Waals surface area (Å²) in [6, 6.07) is 7.83. The van der Waals surface area contributed by atoms with E-state index in [4.69, 9.17) is 0 Å². The van der Waals surface area contributed by atoms with E-state index in [1.165, 1.54) is 18.4 Å². The zero-order valence-corrected chi connectivity index (χ0v) is 16.3. The number of aryl methyl sites for hydroxylation is 1. The van der Waals surface area contributed by atoms with Gasteiger partial charge in [0.2, 0.25) is 0 Å². The Kier molecular flexibility index (Phi) is 4.51. The fourth-order valence-corrected chi connectivity index (χ4v) is 4.22. The van der Waals surface area contributed by atoms with Crippen molar-refractivity contribution >= 4 is 10.2 Å². The molecule has 0 spiro atoms. The predicted molar refractivity (Wildman–Crippen MR) is 98.9 cm³/mol. The lowest BCUT2D eigenvalue weighted by molar-refractivity contribution is 0.267. The van der Waals surface area contributed by atoms with Crippen LogP contribution in [0.3, 0.4) is 0 Å². The van der Waals surface area contributed by atoms with Crippen LogP contribution in [0.5, 0.6) is 0 Å². The molecule has 6 nitrogen and oxygen atoms in total. The van der Waals surface area contributed by atoms with Crippen LogP contribution in [-0.2, 0) is 16.6 Å². The molecule has 0 saturated heterocycles. The minimum Gasteiger partial charge on any atom is -0.237 e. The Labute approximate surface area is 150 Å². The smallest absolute Gasteiger partial charge is 0.237 e. The number of nitrogens with one attached hydrogen (secondary N) is 1. The summed E-state index contributed by atoms with van der Waals surface area (Å²) in [5.41, 5.74) is 4.20. The topological polar surface area (TPSA) is 67.2 Å². The number of benzene rings is 1. The molecule has 2 aromatic rings. The summed E-state index contributed by atoms with van der Waals surface area (Å²) in [7, 11) is -0.437. The lowest BCUT2D eigenvalue weighted by atomic mass is 9.74. The van der Waals surface area contributed by atoms with Gasteiger partial charge in [-0.1, -0.05) is 32.0 Å². The third kappa shape index (κ3) is 3.49. The summed E-state index contributed by atoms with van der Waals surface area (Å²) in [4.78, 5) is 0. The van der Waals surface area contributed by atoms with Gasteiger partial charge in [-0.2, -0.15) is 22.5 Å². The molecule has 0 aliphatic heterocycles. The van der Waals surface area contributed by atoms with Gasteiger partial charge in [0.1, 0.15) is 0 Å². The number of fused-ring (bicyclic) bond motifs is 1. The number of aromatic nitrogens is 2. The number of hydrogen-bond acceptors (Lipinski definition) is 3. The molecule has 3 rings (SSSR count). The predicted octanol–water partition coefficient (Wildman–Crippen LogP) is 2.59. The molecular weight excluding hydrogens is 336 g/mol. The average Bonchev–Trinajstić information content (AvgIpc) is 2.89. The van der Waals surface area contributed by atoms with E-state index >= 15 is 0 Å². The molecule has 0 radical (unpaired) electrons. The van der Waals surface area contributed by atoms with Crippen LogP contribution in [0.15, 0.2) is 30.5 Å². The standard InChI is InChI=1S/C18H26N4O2S/c1-13-8-6-7-9-16(13)22-17-11-18(2,3)10-15(14(17)12-19-22)20-25(23,24)21(4)5/h6-9,12,15,20H,10-11H2,1-5H3/t15-/m0/s1. The summed E-state index contributed by atoms with van der Waals surface area (Å²) in [5.74, 6) is 0. The monoisotopic (exact) mass is 362 g/mol. The van der Waals surface area contributed by atoms with Crippen molar-refractivity contribution in [3.05, 3.63) is 47.3 Å². The highest BCUT2D eigenvalue weighted by molar-refractivity contribution is 7.87. The van der Waals surface area contributed by atoms with Crippen LogP contribution < -0.4 is 4.72 Å². The molecule has 1 atom stereocenters. The van der Waals surface area contributed by atoms with Gasteiger partial charge in [0.15, 0.2) is 0 Å². The molecule has 0 bridgehead atoms. The van der Waals surface area contributed by atoms with Crippen molar-refractivity contribution in [2.75, 3.05) is 14.1 Å². The van der Waals surface area contributed by atoms with Gasteiger partial charge in [-0.05, 0) is 36.8 Å². The normalized spacial score (nSPS) is 19.8. The van der Waals surface area contributed by atoms with Crippen molar-refractivity contribution in [1.82, 2.24) is 18.8 Å². The summed E-state index contributed by atoms with van der Waals surface area (Å²) in [5, 5.41) is 4.59. The van der Waals surface area contributed by atoms with Gasteiger partial charge in [-0.25, -0.2) is 4.68 Å². The fraction of sp³-hybridized carbons (Fsp3) is 0.500. The van der Waals surface area contributed by atoms with E-state index in [2.05, 4.69) is 36.7 Å². The Morgan fingerprint density at radius 1 is 1.28 bits per heavy atom. The van der Waals surface area contributed by atoms with Crippen LogP contribution in [0.1, 0.15) is 43.1 Å². The van der Waals surface area contributed by atoms with Crippen molar-refractivity contribution in [2.24, 2.45) is 5.41 Å². The molecule has 1 aromatic carbocycles. The fourth-order valence-electron chi connectivity index (χ4n) is 3.44. The SMILES string of the molecule is Cc1ccccc1-n1ncc2c1CC(C)(C)C[C@@H]2NS(=O)(=O)N(C)C. The van der Waals surface area contributed by atoms with Crippen LogP contribution in [0, 0.1) is 12.3 Å². The zero-order chi connectivity index (χ0) is 18.4. The largest absolute Gasteiger partial charge is 0.279 e. The second kappa shape index (κ2) is 6.23. The molecule has 25 heavy (non-hydrogen) atoms. The maximum absolute atomic E-state index is 12.3. The van der Waals surface area contributed by atoms with Crippen molar-refractivity contribution in [3.8, 4) is 5.69 Å². The molecule has 136 valence electrons. The van der Waals surface area contributed by atoms with E-state index in [1.54, 1.807) is 6.20 Å². The molecule has 1 aromatic heterocycles. The molecule has 1 aliphatic carbocycles. The van der Waals surface area contributed by atoms with E-state index in [9.17, 15) is 8.42 Å². The summed E-state index contributed by atoms with van der Waals surface area (Å²) >= 11 is 0. The minimum absolute atomic E-state index is 0.0209. The van der Waals surface area contributed by atoms with E-state index < -0.39 is 10.2 Å². The minimum atomic E-state index is -3.51. The van der Waals surface area contributed by atoms with Gasteiger partial charge in [-0.3, -0.25) is 0 Å². The molecule has 1 aliphatic rings. The molecule has 1 heterocycles. The molecule has 0 unspecified atom stereocenters. The molecule has 0 saturated carbocycles.